The Morgan fingerprint density at radius 2 is 2.32 bits per heavy atom. The van der Waals surface area contributed by atoms with Gasteiger partial charge in [0, 0.05) is 11.4 Å². The summed E-state index contributed by atoms with van der Waals surface area (Å²) in [6.07, 6.45) is 2.29. The summed E-state index contributed by atoms with van der Waals surface area (Å²) in [6, 6.07) is 7.60. The Kier molecular flexibility index (Phi) is 6.01. The lowest BCUT2D eigenvalue weighted by Gasteiger charge is -2.09. The van der Waals surface area contributed by atoms with E-state index in [-0.39, 0.29) is 5.91 Å². The van der Waals surface area contributed by atoms with Gasteiger partial charge in [-0.1, -0.05) is 23.7 Å². The highest BCUT2D eigenvalue weighted by Gasteiger charge is 2.14. The molecule has 0 spiro atoms. The Hall–Kier alpha value is -0.710. The highest BCUT2D eigenvalue weighted by molar-refractivity contribution is 8.00. The van der Waals surface area contributed by atoms with Crippen LogP contribution < -0.4 is 10.6 Å². The van der Waals surface area contributed by atoms with E-state index in [9.17, 15) is 4.79 Å². The Balaban J connectivity index is 1.63. The van der Waals surface area contributed by atoms with Gasteiger partial charge in [0.15, 0.2) is 0 Å². The molecule has 1 aromatic carbocycles. The Labute approximate surface area is 123 Å². The average Bonchev–Trinajstić information content (AvgIpc) is 2.91. The molecule has 1 heterocycles. The van der Waals surface area contributed by atoms with Gasteiger partial charge in [-0.25, -0.2) is 0 Å². The molecule has 1 unspecified atom stereocenters. The van der Waals surface area contributed by atoms with E-state index in [1.54, 1.807) is 0 Å². The van der Waals surface area contributed by atoms with Gasteiger partial charge in [-0.05, 0) is 44.0 Å². The minimum Gasteiger partial charge on any atom is -0.355 e. The summed E-state index contributed by atoms with van der Waals surface area (Å²) in [4.78, 5) is 12.7. The number of rotatable bonds is 6. The number of amides is 1. The lowest BCUT2D eigenvalue weighted by atomic mass is 10.1. The van der Waals surface area contributed by atoms with Gasteiger partial charge in [0.05, 0.1) is 10.8 Å². The first-order chi connectivity index (χ1) is 9.25. The van der Waals surface area contributed by atoms with Crippen molar-refractivity contribution >= 4 is 29.3 Å². The van der Waals surface area contributed by atoms with E-state index in [1.165, 1.54) is 18.2 Å². The Morgan fingerprint density at radius 1 is 1.47 bits per heavy atom. The van der Waals surface area contributed by atoms with Gasteiger partial charge in [0.2, 0.25) is 5.91 Å². The molecule has 0 bridgehead atoms. The molecule has 1 amide bonds. The van der Waals surface area contributed by atoms with Crippen molar-refractivity contribution in [2.24, 2.45) is 5.92 Å². The molecule has 3 nitrogen and oxygen atoms in total. The molecular formula is C14H19ClN2OS. The van der Waals surface area contributed by atoms with Gasteiger partial charge in [-0.3, -0.25) is 4.79 Å². The topological polar surface area (TPSA) is 41.1 Å². The molecule has 5 heteroatoms. The summed E-state index contributed by atoms with van der Waals surface area (Å²) in [5.74, 6) is 1.22. The first kappa shape index (κ1) is 14.7. The molecule has 104 valence electrons. The highest BCUT2D eigenvalue weighted by Crippen LogP contribution is 2.26. The number of carbonyl (C=O) groups excluding carboxylic acids is 1. The average molecular weight is 299 g/mol. The second-order valence-electron chi connectivity index (χ2n) is 4.72. The molecule has 1 aromatic rings. The third-order valence-electron chi connectivity index (χ3n) is 3.23. The van der Waals surface area contributed by atoms with Crippen molar-refractivity contribution in [2.75, 3.05) is 25.4 Å². The van der Waals surface area contributed by atoms with E-state index in [0.717, 1.165) is 36.9 Å². The summed E-state index contributed by atoms with van der Waals surface area (Å²) >= 11 is 7.52. The van der Waals surface area contributed by atoms with Crippen LogP contribution in [0.3, 0.4) is 0 Å². The summed E-state index contributed by atoms with van der Waals surface area (Å²) in [5, 5.41) is 7.01. The Bertz CT molecular complexity index is 422. The molecule has 0 saturated carbocycles. The largest absolute Gasteiger partial charge is 0.355 e. The molecular weight excluding hydrogens is 280 g/mol. The molecule has 1 aliphatic heterocycles. The normalized spacial score (nSPS) is 18.5. The first-order valence-corrected chi connectivity index (χ1v) is 7.97. The minimum atomic E-state index is 0.0795. The number of nitrogens with one attached hydrogen (secondary N) is 2. The van der Waals surface area contributed by atoms with E-state index in [0.29, 0.717) is 10.8 Å². The smallest absolute Gasteiger partial charge is 0.230 e. The van der Waals surface area contributed by atoms with Crippen molar-refractivity contribution < 1.29 is 4.79 Å². The molecule has 0 radical (unpaired) electrons. The summed E-state index contributed by atoms with van der Waals surface area (Å²) in [7, 11) is 0. The molecule has 1 saturated heterocycles. The highest BCUT2D eigenvalue weighted by atomic mass is 35.5. The van der Waals surface area contributed by atoms with Crippen LogP contribution in [0.25, 0.3) is 0 Å². The predicted octanol–water partition coefficient (Wildman–Crippen LogP) is 2.55. The van der Waals surface area contributed by atoms with Gasteiger partial charge >= 0.3 is 0 Å². The van der Waals surface area contributed by atoms with Crippen molar-refractivity contribution in [2.45, 2.75) is 17.7 Å². The van der Waals surface area contributed by atoms with E-state index in [1.807, 2.05) is 24.3 Å². The fourth-order valence-corrected chi connectivity index (χ4v) is 3.20. The van der Waals surface area contributed by atoms with E-state index >= 15 is 0 Å². The Morgan fingerprint density at radius 3 is 3.05 bits per heavy atom. The SMILES string of the molecule is O=C(CSc1ccccc1Cl)NCCC1CCNC1. The number of carbonyl (C=O) groups is 1. The third-order valence-corrected chi connectivity index (χ3v) is 4.75. The number of hydrogen-bond acceptors (Lipinski definition) is 3. The molecule has 0 aromatic heterocycles. The first-order valence-electron chi connectivity index (χ1n) is 6.60. The summed E-state index contributed by atoms with van der Waals surface area (Å²) < 4.78 is 0. The van der Waals surface area contributed by atoms with E-state index in [4.69, 9.17) is 11.6 Å². The predicted molar refractivity (Wildman–Crippen MR) is 80.8 cm³/mol. The summed E-state index contributed by atoms with van der Waals surface area (Å²) in [5.41, 5.74) is 0. The monoisotopic (exact) mass is 298 g/mol. The zero-order valence-electron chi connectivity index (χ0n) is 10.8. The molecule has 1 aliphatic rings. The van der Waals surface area contributed by atoms with Crippen LogP contribution in [0, 0.1) is 5.92 Å². The van der Waals surface area contributed by atoms with Crippen LogP contribution in [0.4, 0.5) is 0 Å². The zero-order valence-corrected chi connectivity index (χ0v) is 12.4. The van der Waals surface area contributed by atoms with Gasteiger partial charge in [0.25, 0.3) is 0 Å². The maximum absolute atomic E-state index is 11.7. The van der Waals surface area contributed by atoms with Gasteiger partial charge in [-0.15, -0.1) is 11.8 Å². The number of halogens is 1. The second kappa shape index (κ2) is 7.78. The maximum atomic E-state index is 11.7. The van der Waals surface area contributed by atoms with Crippen LogP contribution in [-0.4, -0.2) is 31.3 Å². The van der Waals surface area contributed by atoms with Crippen molar-refractivity contribution in [3.63, 3.8) is 0 Å². The fourth-order valence-electron chi connectivity index (χ4n) is 2.13. The molecule has 0 aliphatic carbocycles. The summed E-state index contributed by atoms with van der Waals surface area (Å²) in [6.45, 7) is 2.97. The van der Waals surface area contributed by atoms with Crippen molar-refractivity contribution in [3.05, 3.63) is 29.3 Å². The number of benzene rings is 1. The molecule has 2 rings (SSSR count). The second-order valence-corrected chi connectivity index (χ2v) is 6.14. The lowest BCUT2D eigenvalue weighted by Crippen LogP contribution is -2.27. The quantitative estimate of drug-likeness (QED) is 0.793. The van der Waals surface area contributed by atoms with E-state index in [2.05, 4.69) is 10.6 Å². The van der Waals surface area contributed by atoms with Crippen molar-refractivity contribution in [1.82, 2.24) is 10.6 Å². The van der Waals surface area contributed by atoms with Gasteiger partial charge in [-0.2, -0.15) is 0 Å². The minimum absolute atomic E-state index is 0.0795. The van der Waals surface area contributed by atoms with Crippen LogP contribution in [0.2, 0.25) is 5.02 Å². The van der Waals surface area contributed by atoms with Crippen LogP contribution in [0.5, 0.6) is 0 Å². The molecule has 19 heavy (non-hydrogen) atoms. The van der Waals surface area contributed by atoms with Crippen LogP contribution >= 0.6 is 23.4 Å². The van der Waals surface area contributed by atoms with Crippen molar-refractivity contribution in [1.29, 1.82) is 0 Å². The van der Waals surface area contributed by atoms with E-state index < -0.39 is 0 Å². The standard InChI is InChI=1S/C14H19ClN2OS/c15-12-3-1-2-4-13(12)19-10-14(18)17-8-6-11-5-7-16-9-11/h1-4,11,16H,5-10H2,(H,17,18). The van der Waals surface area contributed by atoms with Crippen molar-refractivity contribution in [3.8, 4) is 0 Å². The van der Waals surface area contributed by atoms with Crippen LogP contribution in [-0.2, 0) is 4.79 Å². The maximum Gasteiger partial charge on any atom is 0.230 e. The number of hydrogen-bond donors (Lipinski definition) is 2. The van der Waals surface area contributed by atoms with Gasteiger partial charge < -0.3 is 10.6 Å². The third kappa shape index (κ3) is 5.05. The molecule has 1 fully saturated rings. The lowest BCUT2D eigenvalue weighted by molar-refractivity contribution is -0.118. The van der Waals surface area contributed by atoms with Gasteiger partial charge in [0.1, 0.15) is 0 Å². The molecule has 1 atom stereocenters. The zero-order chi connectivity index (χ0) is 13.5. The fraction of sp³-hybridized carbons (Fsp3) is 0.500. The molecule has 2 N–H and O–H groups in total. The number of thioether (sulfide) groups is 1. The van der Waals surface area contributed by atoms with Crippen LogP contribution in [0.15, 0.2) is 29.2 Å². The van der Waals surface area contributed by atoms with Crippen LogP contribution in [0.1, 0.15) is 12.8 Å².